The molecule has 2 N–H and O–H groups in total. The number of rotatable bonds is 6. The molecule has 0 radical (unpaired) electrons. The second-order valence-electron chi connectivity index (χ2n) is 5.31. The lowest BCUT2D eigenvalue weighted by atomic mass is 9.97. The Morgan fingerprint density at radius 2 is 1.90 bits per heavy atom. The van der Waals surface area contributed by atoms with Crippen LogP contribution in [0.5, 0.6) is 11.5 Å². The van der Waals surface area contributed by atoms with E-state index in [4.69, 9.17) is 19.9 Å². The molecule has 1 aliphatic carbocycles. The minimum atomic E-state index is -0.193. The fourth-order valence-electron chi connectivity index (χ4n) is 2.69. The maximum absolute atomic E-state index is 6.25. The molecule has 1 fully saturated rings. The van der Waals surface area contributed by atoms with Gasteiger partial charge >= 0.3 is 0 Å². The van der Waals surface area contributed by atoms with E-state index in [1.807, 2.05) is 18.2 Å². The van der Waals surface area contributed by atoms with Crippen LogP contribution in [0, 0.1) is 0 Å². The van der Waals surface area contributed by atoms with E-state index in [-0.39, 0.29) is 6.04 Å². The fraction of sp³-hybridized carbons (Fsp3) is 0.625. The Morgan fingerprint density at radius 3 is 2.55 bits per heavy atom. The average Bonchev–Trinajstić information content (AvgIpc) is 2.52. The number of ether oxygens (including phenoxy) is 3. The molecule has 0 aliphatic heterocycles. The molecule has 4 heteroatoms. The van der Waals surface area contributed by atoms with E-state index in [2.05, 4.69) is 0 Å². The highest BCUT2D eigenvalue weighted by Gasteiger charge is 2.18. The molecule has 112 valence electrons. The van der Waals surface area contributed by atoms with Crippen LogP contribution in [0.25, 0.3) is 0 Å². The zero-order chi connectivity index (χ0) is 14.4. The molecule has 1 aromatic rings. The van der Waals surface area contributed by atoms with Crippen LogP contribution in [-0.2, 0) is 4.74 Å². The van der Waals surface area contributed by atoms with Gasteiger partial charge in [0.15, 0.2) is 0 Å². The first-order valence-corrected chi connectivity index (χ1v) is 7.33. The van der Waals surface area contributed by atoms with Crippen LogP contribution in [0.1, 0.15) is 43.7 Å². The van der Waals surface area contributed by atoms with E-state index < -0.39 is 0 Å². The Bertz CT molecular complexity index is 416. The van der Waals surface area contributed by atoms with Crippen LogP contribution in [0.2, 0.25) is 0 Å². The molecule has 4 nitrogen and oxygen atoms in total. The van der Waals surface area contributed by atoms with Crippen LogP contribution in [0.3, 0.4) is 0 Å². The lowest BCUT2D eigenvalue weighted by Gasteiger charge is -2.24. The van der Waals surface area contributed by atoms with Crippen molar-refractivity contribution in [2.24, 2.45) is 5.73 Å². The van der Waals surface area contributed by atoms with Crippen LogP contribution >= 0.6 is 0 Å². The van der Waals surface area contributed by atoms with Crippen LogP contribution in [0.4, 0.5) is 0 Å². The van der Waals surface area contributed by atoms with Gasteiger partial charge < -0.3 is 19.9 Å². The summed E-state index contributed by atoms with van der Waals surface area (Å²) in [4.78, 5) is 0. The molecule has 1 unspecified atom stereocenters. The molecule has 0 bridgehead atoms. The molecule has 1 aliphatic rings. The molecule has 2 rings (SSSR count). The van der Waals surface area contributed by atoms with Crippen molar-refractivity contribution in [3.8, 4) is 11.5 Å². The average molecular weight is 279 g/mol. The van der Waals surface area contributed by atoms with Gasteiger partial charge in [0.05, 0.1) is 33.0 Å². The van der Waals surface area contributed by atoms with Crippen molar-refractivity contribution in [2.45, 2.75) is 44.2 Å². The van der Waals surface area contributed by atoms with Crippen molar-refractivity contribution in [1.29, 1.82) is 0 Å². The molecular weight excluding hydrogens is 254 g/mol. The fourth-order valence-corrected chi connectivity index (χ4v) is 2.69. The highest BCUT2D eigenvalue weighted by molar-refractivity contribution is 5.42. The van der Waals surface area contributed by atoms with Crippen molar-refractivity contribution in [3.05, 3.63) is 23.8 Å². The second-order valence-corrected chi connectivity index (χ2v) is 5.31. The zero-order valence-corrected chi connectivity index (χ0v) is 12.4. The summed E-state index contributed by atoms with van der Waals surface area (Å²) in [6, 6.07) is 5.49. The van der Waals surface area contributed by atoms with Gasteiger partial charge in [-0.3, -0.25) is 0 Å². The third kappa shape index (κ3) is 3.87. The summed E-state index contributed by atoms with van der Waals surface area (Å²) in [5.74, 6) is 1.57. The summed E-state index contributed by atoms with van der Waals surface area (Å²) < 4.78 is 16.6. The van der Waals surface area contributed by atoms with Gasteiger partial charge in [0.2, 0.25) is 0 Å². The third-order valence-corrected chi connectivity index (χ3v) is 3.90. The Morgan fingerprint density at radius 1 is 1.15 bits per heavy atom. The van der Waals surface area contributed by atoms with Gasteiger partial charge in [-0.05, 0) is 31.0 Å². The quantitative estimate of drug-likeness (QED) is 0.869. The van der Waals surface area contributed by atoms with Gasteiger partial charge in [-0.25, -0.2) is 0 Å². The van der Waals surface area contributed by atoms with Crippen molar-refractivity contribution in [3.63, 3.8) is 0 Å². The topological polar surface area (TPSA) is 53.7 Å². The van der Waals surface area contributed by atoms with Crippen molar-refractivity contribution in [1.82, 2.24) is 0 Å². The van der Waals surface area contributed by atoms with E-state index in [1.54, 1.807) is 14.2 Å². The number of hydrogen-bond acceptors (Lipinski definition) is 4. The summed E-state index contributed by atoms with van der Waals surface area (Å²) in [6.07, 6.45) is 6.54. The molecule has 0 spiro atoms. The SMILES string of the molecule is COc1ccc(OC)c(C(N)COC2CCCCC2)c1. The molecule has 20 heavy (non-hydrogen) atoms. The Labute approximate surface area is 121 Å². The van der Waals surface area contributed by atoms with Gasteiger partial charge in [0.1, 0.15) is 11.5 Å². The monoisotopic (exact) mass is 279 g/mol. The zero-order valence-electron chi connectivity index (χ0n) is 12.4. The lowest BCUT2D eigenvalue weighted by molar-refractivity contribution is 0.0203. The molecular formula is C16H25NO3. The van der Waals surface area contributed by atoms with Gasteiger partial charge in [-0.2, -0.15) is 0 Å². The van der Waals surface area contributed by atoms with Crippen molar-refractivity contribution < 1.29 is 14.2 Å². The minimum absolute atomic E-state index is 0.193. The molecule has 0 aromatic heterocycles. The first-order chi connectivity index (χ1) is 9.74. The highest BCUT2D eigenvalue weighted by atomic mass is 16.5. The van der Waals surface area contributed by atoms with E-state index in [1.165, 1.54) is 19.3 Å². The lowest BCUT2D eigenvalue weighted by Crippen LogP contribution is -2.24. The number of benzene rings is 1. The van der Waals surface area contributed by atoms with E-state index >= 15 is 0 Å². The minimum Gasteiger partial charge on any atom is -0.497 e. The van der Waals surface area contributed by atoms with E-state index in [0.29, 0.717) is 12.7 Å². The molecule has 0 saturated heterocycles. The Balaban J connectivity index is 1.98. The molecule has 1 aromatic carbocycles. The molecule has 0 heterocycles. The summed E-state index contributed by atoms with van der Waals surface area (Å²) >= 11 is 0. The van der Waals surface area contributed by atoms with Crippen LogP contribution in [0.15, 0.2) is 18.2 Å². The first-order valence-electron chi connectivity index (χ1n) is 7.33. The molecule has 0 amide bonds. The standard InChI is InChI=1S/C16H25NO3/c1-18-13-8-9-16(19-2)14(10-13)15(17)11-20-12-6-4-3-5-7-12/h8-10,12,15H,3-7,11,17H2,1-2H3. The number of hydrogen-bond donors (Lipinski definition) is 1. The maximum atomic E-state index is 6.25. The smallest absolute Gasteiger partial charge is 0.123 e. The third-order valence-electron chi connectivity index (χ3n) is 3.90. The van der Waals surface area contributed by atoms with Gasteiger partial charge in [-0.15, -0.1) is 0 Å². The predicted molar refractivity (Wildman–Crippen MR) is 79.3 cm³/mol. The van der Waals surface area contributed by atoms with Gasteiger partial charge in [0, 0.05) is 5.56 Å². The normalized spacial score (nSPS) is 17.8. The molecule has 1 saturated carbocycles. The number of methoxy groups -OCH3 is 2. The summed E-state index contributed by atoms with van der Waals surface area (Å²) in [6.45, 7) is 0.522. The molecule has 1 atom stereocenters. The van der Waals surface area contributed by atoms with Crippen LogP contribution in [-0.4, -0.2) is 26.9 Å². The van der Waals surface area contributed by atoms with Crippen molar-refractivity contribution in [2.75, 3.05) is 20.8 Å². The predicted octanol–water partition coefficient (Wildman–Crippen LogP) is 3.05. The first kappa shape index (κ1) is 15.1. The van der Waals surface area contributed by atoms with E-state index in [0.717, 1.165) is 29.9 Å². The Kier molecular flexibility index (Phi) is 5.68. The summed E-state index contributed by atoms with van der Waals surface area (Å²) in [7, 11) is 3.30. The Hall–Kier alpha value is -1.26. The summed E-state index contributed by atoms with van der Waals surface area (Å²) in [5, 5.41) is 0. The second kappa shape index (κ2) is 7.50. The van der Waals surface area contributed by atoms with E-state index in [9.17, 15) is 0 Å². The summed E-state index contributed by atoms with van der Waals surface area (Å²) in [5.41, 5.74) is 7.18. The van der Waals surface area contributed by atoms with Crippen LogP contribution < -0.4 is 15.2 Å². The number of nitrogens with two attached hydrogens (primary N) is 1. The highest BCUT2D eigenvalue weighted by Crippen LogP contribution is 2.29. The van der Waals surface area contributed by atoms with Crippen molar-refractivity contribution >= 4 is 0 Å². The van der Waals surface area contributed by atoms with Gasteiger partial charge in [-0.1, -0.05) is 19.3 Å². The maximum Gasteiger partial charge on any atom is 0.123 e. The van der Waals surface area contributed by atoms with Gasteiger partial charge in [0.25, 0.3) is 0 Å². The largest absolute Gasteiger partial charge is 0.497 e.